The number of hydrogen-bond acceptors (Lipinski definition) is 3. The molecule has 2 unspecified atom stereocenters. The number of fused-ring (bicyclic) bond motifs is 2. The van der Waals surface area contributed by atoms with Crippen LogP contribution in [-0.2, 0) is 19.9 Å². The molecule has 0 saturated carbocycles. The molecule has 2 bridgehead atoms. The van der Waals surface area contributed by atoms with Crippen LogP contribution in [0.1, 0.15) is 36.8 Å². The van der Waals surface area contributed by atoms with Gasteiger partial charge in [-0.3, -0.25) is 0 Å². The maximum absolute atomic E-state index is 13.4. The quantitative estimate of drug-likeness (QED) is 0.351. The predicted octanol–water partition coefficient (Wildman–Crippen LogP) is 0.605. The number of nitrogens with zero attached hydrogens (tertiary/aromatic N) is 1. The molecule has 3 aliphatic rings. The summed E-state index contributed by atoms with van der Waals surface area (Å²) in [6.07, 6.45) is 3.88. The molecule has 0 aliphatic carbocycles. The van der Waals surface area contributed by atoms with Crippen molar-refractivity contribution < 1.29 is 42.7 Å². The molecule has 3 heterocycles. The second-order valence-corrected chi connectivity index (χ2v) is 8.74. The first-order valence-corrected chi connectivity index (χ1v) is 9.84. The van der Waals surface area contributed by atoms with E-state index in [2.05, 4.69) is 14.1 Å². The summed E-state index contributed by atoms with van der Waals surface area (Å²) < 4.78 is 13.9. The highest BCUT2D eigenvalue weighted by Gasteiger charge is 2.66. The Labute approximate surface area is 183 Å². The second-order valence-electron chi connectivity index (χ2n) is 8.74. The summed E-state index contributed by atoms with van der Waals surface area (Å²) in [5.41, 5.74) is 0.491. The largest absolute Gasteiger partial charge is 1.00 e. The Morgan fingerprint density at radius 1 is 0.857 bits per heavy atom. The van der Waals surface area contributed by atoms with Gasteiger partial charge in [0.2, 0.25) is 11.4 Å². The molecule has 3 fully saturated rings. The Morgan fingerprint density at radius 2 is 1.32 bits per heavy atom. The van der Waals surface area contributed by atoms with Crippen molar-refractivity contribution in [2.75, 3.05) is 14.1 Å². The summed E-state index contributed by atoms with van der Waals surface area (Å²) >= 11 is 0. The second kappa shape index (κ2) is 6.82. The van der Waals surface area contributed by atoms with E-state index < -0.39 is 11.4 Å². The highest BCUT2D eigenvalue weighted by Crippen LogP contribution is 2.54. The number of carbonyl (C=O) groups is 1. The number of hydrogen-bond donors (Lipinski definition) is 0. The van der Waals surface area contributed by atoms with Gasteiger partial charge in [-0.25, -0.2) is 4.79 Å². The van der Waals surface area contributed by atoms with Gasteiger partial charge in [0.15, 0.2) is 0 Å². The van der Waals surface area contributed by atoms with Crippen molar-refractivity contribution in [1.82, 2.24) is 0 Å². The first-order chi connectivity index (χ1) is 13.0. The van der Waals surface area contributed by atoms with Crippen LogP contribution in [0.2, 0.25) is 0 Å². The van der Waals surface area contributed by atoms with Gasteiger partial charge in [0.25, 0.3) is 0 Å². The van der Waals surface area contributed by atoms with Crippen molar-refractivity contribution in [2.24, 2.45) is 0 Å². The van der Waals surface area contributed by atoms with Crippen LogP contribution in [0.4, 0.5) is 0 Å². The molecule has 3 saturated heterocycles. The molecule has 2 aromatic rings. The van der Waals surface area contributed by atoms with E-state index in [1.54, 1.807) is 0 Å². The van der Waals surface area contributed by atoms with E-state index in [0.29, 0.717) is 12.1 Å². The van der Waals surface area contributed by atoms with Gasteiger partial charge >= 0.3 is 5.97 Å². The van der Waals surface area contributed by atoms with Gasteiger partial charge in [0.05, 0.1) is 39.0 Å². The van der Waals surface area contributed by atoms with Gasteiger partial charge in [0, 0.05) is 12.8 Å². The van der Waals surface area contributed by atoms with Crippen LogP contribution in [0.25, 0.3) is 0 Å². The fourth-order valence-corrected chi connectivity index (χ4v) is 5.44. The molecule has 3 aliphatic heterocycles. The lowest BCUT2D eigenvalue weighted by atomic mass is 9.86. The normalized spacial score (nSPS) is 32.0. The molecule has 0 N–H and O–H groups in total. The number of carbonyl (C=O) groups excluding carboxylic acids is 1. The highest BCUT2D eigenvalue weighted by molar-refractivity contribution is 5.87. The van der Waals surface area contributed by atoms with Gasteiger partial charge < -0.3 is 37.9 Å². The number of rotatable bonds is 2. The summed E-state index contributed by atoms with van der Waals surface area (Å²) in [5, 5.41) is 0. The molecule has 148 valence electrons. The monoisotopic (exact) mass is 491 g/mol. The van der Waals surface area contributed by atoms with Gasteiger partial charge in [-0.1, -0.05) is 60.7 Å². The SMILES string of the molecule is C[N+]1(C)C2CCC1CC1(C2)OC(=O)C(c2ccccc2)(c2ccccc2)O1.[I-]. The molecule has 0 amide bonds. The summed E-state index contributed by atoms with van der Waals surface area (Å²) in [6.45, 7) is 0. The van der Waals surface area contributed by atoms with Crippen molar-refractivity contribution >= 4 is 5.97 Å². The smallest absolute Gasteiger partial charge is 0.350 e. The summed E-state index contributed by atoms with van der Waals surface area (Å²) in [6, 6.07) is 20.5. The van der Waals surface area contributed by atoms with E-state index in [0.717, 1.165) is 28.5 Å². The maximum atomic E-state index is 13.4. The minimum atomic E-state index is -1.18. The fraction of sp³-hybridized carbons (Fsp3) is 0.435. The first-order valence-electron chi connectivity index (χ1n) is 9.84. The third-order valence-corrected chi connectivity index (χ3v) is 7.07. The maximum Gasteiger partial charge on any atom is 0.350 e. The van der Waals surface area contributed by atoms with Crippen LogP contribution in [0.15, 0.2) is 60.7 Å². The van der Waals surface area contributed by atoms with Crippen LogP contribution in [0.5, 0.6) is 0 Å². The van der Waals surface area contributed by atoms with Crippen LogP contribution in [-0.4, -0.2) is 42.4 Å². The van der Waals surface area contributed by atoms with Gasteiger partial charge in [0.1, 0.15) is 0 Å². The van der Waals surface area contributed by atoms with E-state index in [-0.39, 0.29) is 29.9 Å². The number of benzene rings is 2. The lowest BCUT2D eigenvalue weighted by Crippen LogP contribution is -3.00. The zero-order valence-corrected chi connectivity index (χ0v) is 18.5. The molecule has 5 rings (SSSR count). The fourth-order valence-electron chi connectivity index (χ4n) is 5.44. The topological polar surface area (TPSA) is 35.5 Å². The van der Waals surface area contributed by atoms with Crippen molar-refractivity contribution in [3.63, 3.8) is 0 Å². The molecule has 0 radical (unpaired) electrons. The van der Waals surface area contributed by atoms with Gasteiger partial charge in [-0.05, 0) is 11.1 Å². The molecule has 2 atom stereocenters. The Bertz CT molecular complexity index is 812. The van der Waals surface area contributed by atoms with E-state index in [1.807, 2.05) is 60.7 Å². The molecule has 4 nitrogen and oxygen atoms in total. The number of ether oxygens (including phenoxy) is 2. The zero-order valence-electron chi connectivity index (χ0n) is 16.3. The third-order valence-electron chi connectivity index (χ3n) is 7.07. The number of esters is 1. The van der Waals surface area contributed by atoms with Crippen LogP contribution >= 0.6 is 0 Å². The van der Waals surface area contributed by atoms with Crippen LogP contribution < -0.4 is 24.0 Å². The average molecular weight is 491 g/mol. The average Bonchev–Trinajstić information content (AvgIpc) is 3.01. The van der Waals surface area contributed by atoms with E-state index >= 15 is 0 Å². The van der Waals surface area contributed by atoms with Crippen molar-refractivity contribution in [1.29, 1.82) is 0 Å². The number of halogens is 1. The number of piperidine rings is 1. The van der Waals surface area contributed by atoms with Crippen molar-refractivity contribution in [3.8, 4) is 0 Å². The molecule has 28 heavy (non-hydrogen) atoms. The minimum absolute atomic E-state index is 0. The first kappa shape index (κ1) is 19.9. The molecule has 5 heteroatoms. The van der Waals surface area contributed by atoms with E-state index in [9.17, 15) is 4.79 Å². The molecular weight excluding hydrogens is 465 g/mol. The molecule has 0 aromatic heterocycles. The lowest BCUT2D eigenvalue weighted by molar-refractivity contribution is -0.934. The minimum Gasteiger partial charge on any atom is -1.00 e. The standard InChI is InChI=1S/C23H26NO3.HI/c1-24(2)19-13-14-20(24)16-22(15-19)26-21(25)23(27-22,17-9-5-3-6-10-17)18-11-7-4-8-12-18;/h3-12,19-20H,13-16H2,1-2H3;1H/q+1;/p-1. The van der Waals surface area contributed by atoms with Gasteiger partial charge in [-0.15, -0.1) is 0 Å². The molecule has 1 spiro atoms. The Morgan fingerprint density at radius 3 is 1.79 bits per heavy atom. The zero-order chi connectivity index (χ0) is 18.7. The third kappa shape index (κ3) is 2.74. The Balaban J connectivity index is 0.00000192. The summed E-state index contributed by atoms with van der Waals surface area (Å²) in [5.74, 6) is -1.10. The Kier molecular flexibility index (Phi) is 4.83. The highest BCUT2D eigenvalue weighted by atomic mass is 127. The summed E-state index contributed by atoms with van der Waals surface area (Å²) in [7, 11) is 4.60. The molecule has 2 aromatic carbocycles. The summed E-state index contributed by atoms with van der Waals surface area (Å²) in [4.78, 5) is 13.4. The van der Waals surface area contributed by atoms with E-state index in [4.69, 9.17) is 9.47 Å². The van der Waals surface area contributed by atoms with Crippen LogP contribution in [0, 0.1) is 0 Å². The van der Waals surface area contributed by atoms with E-state index in [1.165, 1.54) is 12.8 Å². The van der Waals surface area contributed by atoms with Gasteiger partial charge in [-0.2, -0.15) is 0 Å². The van der Waals surface area contributed by atoms with Crippen LogP contribution in [0.3, 0.4) is 0 Å². The Hall–Kier alpha value is -1.44. The molecular formula is C23H26INO3. The van der Waals surface area contributed by atoms with Crippen molar-refractivity contribution in [2.45, 2.75) is 49.2 Å². The predicted molar refractivity (Wildman–Crippen MR) is 102 cm³/mol. The number of quaternary nitrogens is 1. The van der Waals surface area contributed by atoms with Crippen molar-refractivity contribution in [3.05, 3.63) is 71.8 Å². The lowest BCUT2D eigenvalue weighted by Gasteiger charge is -2.47.